The van der Waals surface area contributed by atoms with Crippen molar-refractivity contribution in [1.82, 2.24) is 14.9 Å². The topological polar surface area (TPSA) is 73.8 Å². The summed E-state index contributed by atoms with van der Waals surface area (Å²) in [4.78, 5) is 23.4. The molecule has 7 nitrogen and oxygen atoms in total. The van der Waals surface area contributed by atoms with Crippen LogP contribution >= 0.6 is 0 Å². The van der Waals surface area contributed by atoms with Crippen LogP contribution in [0.25, 0.3) is 11.0 Å². The number of aromatic nitrogens is 2. The highest BCUT2D eigenvalue weighted by Crippen LogP contribution is 2.27. The lowest BCUT2D eigenvalue weighted by atomic mass is 10.0. The molecule has 152 valence electrons. The maximum absolute atomic E-state index is 12.6. The van der Waals surface area contributed by atoms with Crippen molar-refractivity contribution in [2.75, 3.05) is 19.8 Å². The van der Waals surface area contributed by atoms with E-state index in [-0.39, 0.29) is 12.1 Å². The predicted octanol–water partition coefficient (Wildman–Crippen LogP) is 4.20. The van der Waals surface area contributed by atoms with E-state index in [1.165, 1.54) is 0 Å². The number of carbonyl (C=O) groups excluding carboxylic acids is 1. The summed E-state index contributed by atoms with van der Waals surface area (Å²) in [6.07, 6.45) is 2.59. The minimum Gasteiger partial charge on any atom is -0.474 e. The fourth-order valence-electron chi connectivity index (χ4n) is 3.20. The molecule has 1 unspecified atom stereocenters. The molecule has 1 aliphatic rings. The highest BCUT2D eigenvalue weighted by Gasteiger charge is 2.31. The molecule has 0 saturated carbocycles. The van der Waals surface area contributed by atoms with Crippen LogP contribution in [0, 0.1) is 0 Å². The molecule has 0 aliphatic carbocycles. The van der Waals surface area contributed by atoms with E-state index in [1.807, 2.05) is 52.0 Å². The van der Waals surface area contributed by atoms with Gasteiger partial charge in [0.1, 0.15) is 12.2 Å². The predicted molar refractivity (Wildman–Crippen MR) is 107 cm³/mol. The van der Waals surface area contributed by atoms with Crippen molar-refractivity contribution < 1.29 is 19.0 Å². The summed E-state index contributed by atoms with van der Waals surface area (Å²) >= 11 is 0. The normalized spacial score (nSPS) is 17.4. The van der Waals surface area contributed by atoms with E-state index in [1.54, 1.807) is 4.90 Å². The lowest BCUT2D eigenvalue weighted by Gasteiger charge is -2.36. The van der Waals surface area contributed by atoms with Crippen LogP contribution in [0.2, 0.25) is 0 Å². The monoisotopic (exact) mass is 387 g/mol. The molecule has 0 radical (unpaired) electrons. The minimum atomic E-state index is -0.522. The first-order valence-electron chi connectivity index (χ1n) is 9.89. The summed E-state index contributed by atoms with van der Waals surface area (Å²) < 4.78 is 17.2. The first kappa shape index (κ1) is 20.2. The molecule has 0 spiro atoms. The molecule has 1 fully saturated rings. The molecule has 28 heavy (non-hydrogen) atoms. The van der Waals surface area contributed by atoms with Gasteiger partial charge in [0.25, 0.3) is 11.8 Å². The van der Waals surface area contributed by atoms with Crippen LogP contribution in [0.15, 0.2) is 24.3 Å². The fraction of sp³-hybridized carbons (Fsp3) is 0.571. The zero-order chi connectivity index (χ0) is 20.1. The number of rotatable bonds is 5. The van der Waals surface area contributed by atoms with Gasteiger partial charge in [0.15, 0.2) is 0 Å². The zero-order valence-electron chi connectivity index (χ0n) is 17.1. The van der Waals surface area contributed by atoms with Crippen molar-refractivity contribution in [1.29, 1.82) is 0 Å². The van der Waals surface area contributed by atoms with Crippen molar-refractivity contribution in [2.45, 2.75) is 58.6 Å². The first-order chi connectivity index (χ1) is 13.4. The smallest absolute Gasteiger partial charge is 0.410 e. The summed E-state index contributed by atoms with van der Waals surface area (Å²) in [5.74, 6) is 0.732. The number of amides is 1. The number of fused-ring (bicyclic) bond motifs is 1. The Hall–Kier alpha value is -2.57. The Bertz CT molecular complexity index is 819. The molecule has 1 saturated heterocycles. The average Bonchev–Trinajstić information content (AvgIpc) is 2.65. The second-order valence-electron chi connectivity index (χ2n) is 7.89. The van der Waals surface area contributed by atoms with Gasteiger partial charge < -0.3 is 19.1 Å². The molecular formula is C21H29N3O4. The molecule has 1 amide bonds. The van der Waals surface area contributed by atoms with Gasteiger partial charge in [0, 0.05) is 6.54 Å². The quantitative estimate of drug-likeness (QED) is 0.766. The number of carbonyl (C=O) groups is 1. The number of benzene rings is 1. The van der Waals surface area contributed by atoms with E-state index in [0.29, 0.717) is 31.5 Å². The third-order valence-corrected chi connectivity index (χ3v) is 4.46. The molecule has 7 heteroatoms. The second kappa shape index (κ2) is 8.63. The second-order valence-corrected chi connectivity index (χ2v) is 7.89. The molecular weight excluding hydrogens is 358 g/mol. The molecule has 0 N–H and O–H groups in total. The Labute approximate surface area is 166 Å². The maximum Gasteiger partial charge on any atom is 0.410 e. The summed E-state index contributed by atoms with van der Waals surface area (Å²) in [5, 5.41) is 0. The first-order valence-corrected chi connectivity index (χ1v) is 9.89. The number of ether oxygens (including phenoxy) is 3. The summed E-state index contributed by atoms with van der Waals surface area (Å²) in [6, 6.07) is 7.53. The molecule has 1 atom stereocenters. The van der Waals surface area contributed by atoms with E-state index in [4.69, 9.17) is 14.2 Å². The van der Waals surface area contributed by atoms with Gasteiger partial charge in [-0.25, -0.2) is 14.8 Å². The Kier molecular flexibility index (Phi) is 6.21. The van der Waals surface area contributed by atoms with E-state index >= 15 is 0 Å². The average molecular weight is 387 g/mol. The summed E-state index contributed by atoms with van der Waals surface area (Å²) in [5.41, 5.74) is 0.978. The number of hydrogen-bond donors (Lipinski definition) is 0. The number of piperidine rings is 1. The Morgan fingerprint density at radius 3 is 2.36 bits per heavy atom. The van der Waals surface area contributed by atoms with Crippen LogP contribution in [0.5, 0.6) is 11.8 Å². The Balaban J connectivity index is 1.75. The van der Waals surface area contributed by atoms with Gasteiger partial charge in [-0.2, -0.15) is 0 Å². The third kappa shape index (κ3) is 5.03. The SMILES string of the molecule is CCOc1nc2ccccc2nc1OCC1CCCCN1C(=O)OC(C)(C)C. The van der Waals surface area contributed by atoms with E-state index < -0.39 is 5.60 Å². The van der Waals surface area contributed by atoms with E-state index in [2.05, 4.69) is 9.97 Å². The largest absolute Gasteiger partial charge is 0.474 e. The van der Waals surface area contributed by atoms with Crippen LogP contribution in [-0.2, 0) is 4.74 Å². The van der Waals surface area contributed by atoms with Gasteiger partial charge in [-0.3, -0.25) is 0 Å². The van der Waals surface area contributed by atoms with Gasteiger partial charge in [0.2, 0.25) is 0 Å². The number of hydrogen-bond acceptors (Lipinski definition) is 6. The fourth-order valence-corrected chi connectivity index (χ4v) is 3.20. The molecule has 1 aromatic heterocycles. The minimum absolute atomic E-state index is 0.0636. The maximum atomic E-state index is 12.6. The highest BCUT2D eigenvalue weighted by atomic mass is 16.6. The molecule has 2 heterocycles. The standard InChI is InChI=1S/C21H29N3O4/c1-5-26-18-19(23-17-12-7-6-11-16(17)22-18)27-14-15-10-8-9-13-24(15)20(25)28-21(2,3)4/h6-7,11-12,15H,5,8-10,13-14H2,1-4H3. The third-order valence-electron chi connectivity index (χ3n) is 4.46. The van der Waals surface area contributed by atoms with Crippen LogP contribution in [0.3, 0.4) is 0 Å². The van der Waals surface area contributed by atoms with Gasteiger partial charge >= 0.3 is 6.09 Å². The molecule has 0 bridgehead atoms. The van der Waals surface area contributed by atoms with Gasteiger partial charge in [-0.1, -0.05) is 12.1 Å². The van der Waals surface area contributed by atoms with Gasteiger partial charge in [0.05, 0.1) is 23.7 Å². The van der Waals surface area contributed by atoms with Gasteiger partial charge in [-0.05, 0) is 59.1 Å². The molecule has 1 aliphatic heterocycles. The van der Waals surface area contributed by atoms with Gasteiger partial charge in [-0.15, -0.1) is 0 Å². The van der Waals surface area contributed by atoms with Crippen LogP contribution < -0.4 is 9.47 Å². The summed E-state index contributed by atoms with van der Waals surface area (Å²) in [6.45, 7) is 8.98. The summed E-state index contributed by atoms with van der Waals surface area (Å²) in [7, 11) is 0. The van der Waals surface area contributed by atoms with Crippen LogP contribution in [0.1, 0.15) is 47.0 Å². The number of likely N-dealkylation sites (tertiary alicyclic amines) is 1. The van der Waals surface area contributed by atoms with E-state index in [9.17, 15) is 4.79 Å². The van der Waals surface area contributed by atoms with Crippen LogP contribution in [-0.4, -0.2) is 52.4 Å². The Morgan fingerprint density at radius 2 is 1.75 bits per heavy atom. The van der Waals surface area contributed by atoms with Crippen molar-refractivity contribution >= 4 is 17.1 Å². The van der Waals surface area contributed by atoms with E-state index in [0.717, 1.165) is 30.3 Å². The Morgan fingerprint density at radius 1 is 1.11 bits per heavy atom. The highest BCUT2D eigenvalue weighted by molar-refractivity contribution is 5.75. The zero-order valence-corrected chi connectivity index (χ0v) is 17.1. The molecule has 3 rings (SSSR count). The van der Waals surface area contributed by atoms with Crippen LogP contribution in [0.4, 0.5) is 4.79 Å². The van der Waals surface area contributed by atoms with Crippen molar-refractivity contribution in [2.24, 2.45) is 0 Å². The van der Waals surface area contributed by atoms with Crippen molar-refractivity contribution in [3.8, 4) is 11.8 Å². The lowest BCUT2D eigenvalue weighted by molar-refractivity contribution is 0.00319. The number of para-hydroxylation sites is 2. The molecule has 2 aromatic rings. The lowest BCUT2D eigenvalue weighted by Crippen LogP contribution is -2.48. The molecule has 1 aromatic carbocycles. The van der Waals surface area contributed by atoms with Crippen molar-refractivity contribution in [3.63, 3.8) is 0 Å². The number of nitrogens with zero attached hydrogens (tertiary/aromatic N) is 3. The van der Waals surface area contributed by atoms with Crippen molar-refractivity contribution in [3.05, 3.63) is 24.3 Å².